The molecule has 3 rings (SSSR count). The molecule has 2 fully saturated rings. The minimum Gasteiger partial charge on any atom is -0.497 e. The third-order valence-electron chi connectivity index (χ3n) is 4.34. The van der Waals surface area contributed by atoms with Gasteiger partial charge >= 0.3 is 0 Å². The summed E-state index contributed by atoms with van der Waals surface area (Å²) in [5.41, 5.74) is 1.16. The highest BCUT2D eigenvalue weighted by molar-refractivity contribution is 5.49. The molecule has 2 saturated heterocycles. The van der Waals surface area contributed by atoms with Crippen molar-refractivity contribution in [2.45, 2.75) is 37.3 Å². The fourth-order valence-corrected chi connectivity index (χ4v) is 3.19. The summed E-state index contributed by atoms with van der Waals surface area (Å²) in [6.45, 7) is 2.49. The Kier molecular flexibility index (Phi) is 4.13. The van der Waals surface area contributed by atoms with Crippen molar-refractivity contribution >= 4 is 5.69 Å². The zero-order valence-electron chi connectivity index (χ0n) is 12.1. The number of anilines is 1. The lowest BCUT2D eigenvalue weighted by molar-refractivity contribution is -0.135. The van der Waals surface area contributed by atoms with Crippen molar-refractivity contribution in [1.82, 2.24) is 0 Å². The van der Waals surface area contributed by atoms with Crippen LogP contribution in [0.4, 0.5) is 5.69 Å². The normalized spacial score (nSPS) is 25.4. The minimum absolute atomic E-state index is 0.0348. The van der Waals surface area contributed by atoms with Crippen LogP contribution in [0.15, 0.2) is 24.3 Å². The Bertz CT molecular complexity index is 438. The lowest BCUT2D eigenvalue weighted by Gasteiger charge is -2.43. The molecule has 2 aliphatic rings. The number of hydrogen-bond acceptors (Lipinski definition) is 4. The maximum absolute atomic E-state index is 6.07. The highest BCUT2D eigenvalue weighted by Crippen LogP contribution is 2.35. The third kappa shape index (κ3) is 3.07. The van der Waals surface area contributed by atoms with Crippen LogP contribution in [0.2, 0.25) is 0 Å². The number of rotatable bonds is 3. The summed E-state index contributed by atoms with van der Waals surface area (Å²) in [7, 11) is 1.70. The molecule has 1 unspecified atom stereocenters. The van der Waals surface area contributed by atoms with Gasteiger partial charge < -0.3 is 19.5 Å². The van der Waals surface area contributed by atoms with E-state index in [4.69, 9.17) is 14.2 Å². The Hall–Kier alpha value is -1.26. The van der Waals surface area contributed by atoms with E-state index >= 15 is 0 Å². The minimum atomic E-state index is 0.0348. The van der Waals surface area contributed by atoms with Gasteiger partial charge in [0.25, 0.3) is 0 Å². The highest BCUT2D eigenvalue weighted by atomic mass is 16.5. The molecule has 0 amide bonds. The van der Waals surface area contributed by atoms with E-state index in [0.717, 1.165) is 56.9 Å². The van der Waals surface area contributed by atoms with Crippen molar-refractivity contribution in [2.24, 2.45) is 0 Å². The fraction of sp³-hybridized carbons (Fsp3) is 0.625. The first-order valence-electron chi connectivity index (χ1n) is 7.42. The van der Waals surface area contributed by atoms with Crippen LogP contribution in [0.25, 0.3) is 0 Å². The summed E-state index contributed by atoms with van der Waals surface area (Å²) in [5.74, 6) is 0.892. The smallest absolute Gasteiger partial charge is 0.120 e. The number of benzene rings is 1. The van der Waals surface area contributed by atoms with Crippen LogP contribution in [0.5, 0.6) is 5.75 Å². The van der Waals surface area contributed by atoms with Gasteiger partial charge in [-0.1, -0.05) is 6.07 Å². The molecule has 4 heteroatoms. The van der Waals surface area contributed by atoms with Gasteiger partial charge in [0.2, 0.25) is 0 Å². The standard InChI is InChI=1S/C16H23NO3/c1-18-15-4-2-3-13(11-15)17-14-5-8-20-16(12-14)6-9-19-10-7-16/h2-4,11,14,17H,5-10,12H2,1H3. The zero-order valence-corrected chi connectivity index (χ0v) is 12.1. The van der Waals surface area contributed by atoms with E-state index in [1.165, 1.54) is 0 Å². The van der Waals surface area contributed by atoms with Gasteiger partial charge in [0.1, 0.15) is 5.75 Å². The molecular weight excluding hydrogens is 254 g/mol. The molecule has 0 aliphatic carbocycles. The average molecular weight is 277 g/mol. The first-order chi connectivity index (χ1) is 9.80. The molecule has 20 heavy (non-hydrogen) atoms. The van der Waals surface area contributed by atoms with Gasteiger partial charge in [-0.25, -0.2) is 0 Å². The Morgan fingerprint density at radius 2 is 2.10 bits per heavy atom. The van der Waals surface area contributed by atoms with Crippen LogP contribution in [0.1, 0.15) is 25.7 Å². The summed E-state index contributed by atoms with van der Waals surface area (Å²) in [6, 6.07) is 8.59. The summed E-state index contributed by atoms with van der Waals surface area (Å²) < 4.78 is 16.8. The van der Waals surface area contributed by atoms with Crippen molar-refractivity contribution in [2.75, 3.05) is 32.2 Å². The van der Waals surface area contributed by atoms with Crippen LogP contribution in [-0.2, 0) is 9.47 Å². The molecule has 1 atom stereocenters. The maximum Gasteiger partial charge on any atom is 0.120 e. The van der Waals surface area contributed by atoms with Gasteiger partial charge in [-0.15, -0.1) is 0 Å². The second kappa shape index (κ2) is 6.02. The molecule has 1 aromatic rings. The van der Waals surface area contributed by atoms with Crippen molar-refractivity contribution in [3.05, 3.63) is 24.3 Å². The monoisotopic (exact) mass is 277 g/mol. The van der Waals surface area contributed by atoms with Gasteiger partial charge in [-0.05, 0) is 37.8 Å². The van der Waals surface area contributed by atoms with E-state index in [1.807, 2.05) is 18.2 Å². The Morgan fingerprint density at radius 3 is 2.90 bits per heavy atom. The van der Waals surface area contributed by atoms with Gasteiger partial charge in [0.15, 0.2) is 0 Å². The van der Waals surface area contributed by atoms with Gasteiger partial charge in [0, 0.05) is 37.6 Å². The van der Waals surface area contributed by atoms with E-state index < -0.39 is 0 Å². The Morgan fingerprint density at radius 1 is 1.25 bits per heavy atom. The van der Waals surface area contributed by atoms with E-state index in [9.17, 15) is 0 Å². The van der Waals surface area contributed by atoms with Crippen molar-refractivity contribution in [3.63, 3.8) is 0 Å². The van der Waals surface area contributed by atoms with Crippen molar-refractivity contribution in [3.8, 4) is 5.75 Å². The number of hydrogen-bond donors (Lipinski definition) is 1. The molecule has 0 radical (unpaired) electrons. The molecule has 2 aliphatic heterocycles. The highest BCUT2D eigenvalue weighted by Gasteiger charge is 2.38. The van der Waals surface area contributed by atoms with E-state index in [1.54, 1.807) is 7.11 Å². The summed E-state index contributed by atoms with van der Waals surface area (Å²) >= 11 is 0. The first kappa shape index (κ1) is 13.7. The van der Waals surface area contributed by atoms with Gasteiger partial charge in [0.05, 0.1) is 12.7 Å². The SMILES string of the molecule is COc1cccc(NC2CCOC3(CCOCC3)C2)c1. The second-order valence-electron chi connectivity index (χ2n) is 5.71. The molecule has 0 aromatic heterocycles. The summed E-state index contributed by atoms with van der Waals surface area (Å²) in [4.78, 5) is 0. The average Bonchev–Trinajstić information content (AvgIpc) is 2.48. The van der Waals surface area contributed by atoms with Crippen LogP contribution >= 0.6 is 0 Å². The van der Waals surface area contributed by atoms with Crippen molar-refractivity contribution in [1.29, 1.82) is 0 Å². The molecule has 0 saturated carbocycles. The first-order valence-corrected chi connectivity index (χ1v) is 7.42. The van der Waals surface area contributed by atoms with Crippen LogP contribution < -0.4 is 10.1 Å². The lowest BCUT2D eigenvalue weighted by atomic mass is 9.84. The van der Waals surface area contributed by atoms with Gasteiger partial charge in [-0.2, -0.15) is 0 Å². The Balaban J connectivity index is 1.64. The molecule has 110 valence electrons. The Labute approximate surface area is 120 Å². The van der Waals surface area contributed by atoms with E-state index in [-0.39, 0.29) is 5.60 Å². The third-order valence-corrected chi connectivity index (χ3v) is 4.34. The molecule has 4 nitrogen and oxygen atoms in total. The molecule has 1 spiro atoms. The molecule has 1 aromatic carbocycles. The number of nitrogens with one attached hydrogen (secondary N) is 1. The quantitative estimate of drug-likeness (QED) is 0.922. The number of ether oxygens (including phenoxy) is 3. The second-order valence-corrected chi connectivity index (χ2v) is 5.71. The fourth-order valence-electron chi connectivity index (χ4n) is 3.19. The predicted molar refractivity (Wildman–Crippen MR) is 78.4 cm³/mol. The molecular formula is C16H23NO3. The van der Waals surface area contributed by atoms with Gasteiger partial charge in [-0.3, -0.25) is 0 Å². The zero-order chi connectivity index (χ0) is 13.8. The van der Waals surface area contributed by atoms with E-state index in [2.05, 4.69) is 11.4 Å². The van der Waals surface area contributed by atoms with E-state index in [0.29, 0.717) is 6.04 Å². The molecule has 1 N–H and O–H groups in total. The van der Waals surface area contributed by atoms with Crippen LogP contribution in [0, 0.1) is 0 Å². The number of methoxy groups -OCH3 is 1. The topological polar surface area (TPSA) is 39.7 Å². The lowest BCUT2D eigenvalue weighted by Crippen LogP contribution is -2.47. The molecule has 0 bridgehead atoms. The summed E-state index contributed by atoms with van der Waals surface area (Å²) in [5, 5.41) is 3.63. The largest absolute Gasteiger partial charge is 0.497 e. The van der Waals surface area contributed by atoms with Crippen LogP contribution in [0.3, 0.4) is 0 Å². The summed E-state index contributed by atoms with van der Waals surface area (Å²) in [6.07, 6.45) is 4.15. The maximum atomic E-state index is 6.07. The van der Waals surface area contributed by atoms with Crippen molar-refractivity contribution < 1.29 is 14.2 Å². The van der Waals surface area contributed by atoms with Crippen LogP contribution in [-0.4, -0.2) is 38.6 Å². The molecule has 2 heterocycles. The predicted octanol–water partition coefficient (Wildman–Crippen LogP) is 2.84.